The summed E-state index contributed by atoms with van der Waals surface area (Å²) in [5, 5.41) is 0. The lowest BCUT2D eigenvalue weighted by Gasteiger charge is -2.29. The Hall–Kier alpha value is -2.41. The fourth-order valence-corrected chi connectivity index (χ4v) is 2.29. The van der Waals surface area contributed by atoms with Crippen LogP contribution in [0, 0.1) is 0 Å². The Labute approximate surface area is 166 Å². The molecule has 0 aliphatic rings. The average Bonchev–Trinajstić information content (AvgIpc) is 2.50. The number of likely N-dealkylation sites (N-methyl/N-ethyl adjacent to an activating group) is 1. The smallest absolute Gasteiger partial charge is 0.335 e. The van der Waals surface area contributed by atoms with Gasteiger partial charge in [0.05, 0.1) is 6.54 Å². The molecular weight excluding hydrogens is 362 g/mol. The summed E-state index contributed by atoms with van der Waals surface area (Å²) >= 11 is 0. The first-order valence-electron chi connectivity index (χ1n) is 9.14. The van der Waals surface area contributed by atoms with Crippen molar-refractivity contribution in [1.82, 2.24) is 4.90 Å². The van der Waals surface area contributed by atoms with Crippen LogP contribution in [0.1, 0.15) is 47.1 Å². The van der Waals surface area contributed by atoms with Crippen LogP contribution in [0.3, 0.4) is 0 Å². The third kappa shape index (κ3) is 8.99. The van der Waals surface area contributed by atoms with Crippen LogP contribution in [0.25, 0.3) is 0 Å². The van der Waals surface area contributed by atoms with Gasteiger partial charge in [-0.05, 0) is 54.2 Å². The van der Waals surface area contributed by atoms with Crippen molar-refractivity contribution in [2.24, 2.45) is 0 Å². The third-order valence-corrected chi connectivity index (χ3v) is 3.32. The molecule has 7 heteroatoms. The second kappa shape index (κ2) is 9.68. The highest BCUT2D eigenvalue weighted by atomic mass is 16.6. The number of carbonyl (C=O) groups is 3. The normalized spacial score (nSPS) is 13.0. The van der Waals surface area contributed by atoms with Gasteiger partial charge in [0.2, 0.25) is 6.04 Å². The maximum absolute atomic E-state index is 12.6. The summed E-state index contributed by atoms with van der Waals surface area (Å²) < 4.78 is 15.9. The van der Waals surface area contributed by atoms with E-state index in [0.717, 1.165) is 5.56 Å². The van der Waals surface area contributed by atoms with Crippen molar-refractivity contribution in [3.8, 4) is 0 Å². The zero-order valence-corrected chi connectivity index (χ0v) is 17.8. The Morgan fingerprint density at radius 2 is 1.43 bits per heavy atom. The highest BCUT2D eigenvalue weighted by molar-refractivity contribution is 5.99. The maximum Gasteiger partial charge on any atom is 0.335 e. The minimum absolute atomic E-state index is 0.0131. The lowest BCUT2D eigenvalue weighted by molar-refractivity contribution is -0.172. The molecule has 1 aromatic rings. The Kier molecular flexibility index (Phi) is 8.17. The second-order valence-corrected chi connectivity index (χ2v) is 8.53. The van der Waals surface area contributed by atoms with Crippen LogP contribution >= 0.6 is 0 Å². The molecular formula is C21H31NO6. The van der Waals surface area contributed by atoms with E-state index >= 15 is 0 Å². The van der Waals surface area contributed by atoms with E-state index in [1.165, 1.54) is 11.9 Å². The Bertz CT molecular complexity index is 672. The summed E-state index contributed by atoms with van der Waals surface area (Å²) in [6.45, 7) is 10.1. The lowest BCUT2D eigenvalue weighted by atomic mass is 10.1. The van der Waals surface area contributed by atoms with E-state index in [-0.39, 0.29) is 13.2 Å². The predicted octanol–water partition coefficient (Wildman–Crippen LogP) is 2.71. The number of ether oxygens (including phenoxy) is 3. The van der Waals surface area contributed by atoms with Crippen molar-refractivity contribution >= 4 is 17.9 Å². The number of hydrogen-bond donors (Lipinski definition) is 0. The number of carbonyl (C=O) groups excluding carboxylic acids is 3. The van der Waals surface area contributed by atoms with Gasteiger partial charge in [0.15, 0.2) is 0 Å². The maximum atomic E-state index is 12.6. The van der Waals surface area contributed by atoms with Crippen molar-refractivity contribution in [2.45, 2.75) is 65.4 Å². The first-order valence-corrected chi connectivity index (χ1v) is 9.14. The molecule has 1 atom stereocenters. The molecule has 0 spiro atoms. The summed E-state index contributed by atoms with van der Waals surface area (Å²) in [5.74, 6) is -2.12. The van der Waals surface area contributed by atoms with Gasteiger partial charge in [-0.3, -0.25) is 9.69 Å². The van der Waals surface area contributed by atoms with E-state index in [1.54, 1.807) is 53.7 Å². The Morgan fingerprint density at radius 3 is 1.93 bits per heavy atom. The molecule has 1 unspecified atom stereocenters. The van der Waals surface area contributed by atoms with E-state index in [4.69, 9.17) is 14.2 Å². The minimum Gasteiger partial charge on any atom is -0.459 e. The van der Waals surface area contributed by atoms with Crippen molar-refractivity contribution in [1.29, 1.82) is 0 Å². The van der Waals surface area contributed by atoms with E-state index in [2.05, 4.69) is 0 Å². The standard InChI is InChI=1S/C21H31NO6/c1-20(2,3)27-16(23)13-22(7)17(19(25)28-21(4,5)6)18(24)26-14-15-11-9-8-10-12-15/h8-12,17H,13-14H2,1-7H3. The van der Waals surface area contributed by atoms with Crippen molar-refractivity contribution < 1.29 is 28.6 Å². The summed E-state index contributed by atoms with van der Waals surface area (Å²) in [6.07, 6.45) is 0. The quantitative estimate of drug-likeness (QED) is 0.400. The molecule has 0 fully saturated rings. The Morgan fingerprint density at radius 1 is 0.893 bits per heavy atom. The molecule has 156 valence electrons. The lowest BCUT2D eigenvalue weighted by Crippen LogP contribution is -2.50. The molecule has 0 N–H and O–H groups in total. The van der Waals surface area contributed by atoms with Crippen molar-refractivity contribution in [3.63, 3.8) is 0 Å². The molecule has 28 heavy (non-hydrogen) atoms. The number of esters is 3. The monoisotopic (exact) mass is 393 g/mol. The van der Waals surface area contributed by atoms with Crippen molar-refractivity contribution in [2.75, 3.05) is 13.6 Å². The number of benzene rings is 1. The summed E-state index contributed by atoms with van der Waals surface area (Å²) in [4.78, 5) is 38.6. The van der Waals surface area contributed by atoms with Crippen LogP contribution in [-0.2, 0) is 35.2 Å². The van der Waals surface area contributed by atoms with Gasteiger partial charge >= 0.3 is 17.9 Å². The van der Waals surface area contributed by atoms with Gasteiger partial charge in [-0.15, -0.1) is 0 Å². The SMILES string of the molecule is CN(CC(=O)OC(C)(C)C)C(C(=O)OCc1ccccc1)C(=O)OC(C)(C)C. The third-order valence-electron chi connectivity index (χ3n) is 3.32. The van der Waals surface area contributed by atoms with Crippen LogP contribution in [0.15, 0.2) is 30.3 Å². The summed E-state index contributed by atoms with van der Waals surface area (Å²) in [6, 6.07) is 7.73. The van der Waals surface area contributed by atoms with Crippen LogP contribution in [0.4, 0.5) is 0 Å². The van der Waals surface area contributed by atoms with Crippen LogP contribution < -0.4 is 0 Å². The zero-order valence-electron chi connectivity index (χ0n) is 17.8. The van der Waals surface area contributed by atoms with Crippen LogP contribution in [0.2, 0.25) is 0 Å². The van der Waals surface area contributed by atoms with Gasteiger partial charge in [-0.2, -0.15) is 0 Å². The number of nitrogens with zero attached hydrogens (tertiary/aromatic N) is 1. The fourth-order valence-electron chi connectivity index (χ4n) is 2.29. The molecule has 7 nitrogen and oxygen atoms in total. The largest absolute Gasteiger partial charge is 0.459 e. The van der Waals surface area contributed by atoms with E-state index in [9.17, 15) is 14.4 Å². The molecule has 0 aliphatic heterocycles. The summed E-state index contributed by atoms with van der Waals surface area (Å²) in [7, 11) is 1.47. The van der Waals surface area contributed by atoms with Gasteiger partial charge in [0.1, 0.15) is 17.8 Å². The van der Waals surface area contributed by atoms with Gasteiger partial charge in [-0.1, -0.05) is 30.3 Å². The van der Waals surface area contributed by atoms with Crippen molar-refractivity contribution in [3.05, 3.63) is 35.9 Å². The topological polar surface area (TPSA) is 82.1 Å². The van der Waals surface area contributed by atoms with Gasteiger partial charge in [0.25, 0.3) is 0 Å². The predicted molar refractivity (Wildman–Crippen MR) is 104 cm³/mol. The molecule has 0 bridgehead atoms. The molecule has 0 heterocycles. The minimum atomic E-state index is -1.38. The first-order chi connectivity index (χ1) is 12.8. The van der Waals surface area contributed by atoms with Gasteiger partial charge < -0.3 is 14.2 Å². The number of rotatable bonds is 7. The highest BCUT2D eigenvalue weighted by Gasteiger charge is 2.37. The average molecular weight is 393 g/mol. The van der Waals surface area contributed by atoms with Gasteiger partial charge in [0, 0.05) is 0 Å². The fraction of sp³-hybridized carbons (Fsp3) is 0.571. The van der Waals surface area contributed by atoms with Crippen LogP contribution in [-0.4, -0.2) is 53.6 Å². The van der Waals surface area contributed by atoms with Gasteiger partial charge in [-0.25, -0.2) is 9.59 Å². The molecule has 0 amide bonds. The highest BCUT2D eigenvalue weighted by Crippen LogP contribution is 2.14. The van der Waals surface area contributed by atoms with E-state index in [0.29, 0.717) is 0 Å². The molecule has 0 radical (unpaired) electrons. The van der Waals surface area contributed by atoms with Crippen LogP contribution in [0.5, 0.6) is 0 Å². The molecule has 0 aliphatic carbocycles. The van der Waals surface area contributed by atoms with E-state index < -0.39 is 35.2 Å². The summed E-state index contributed by atoms with van der Waals surface area (Å²) in [5.41, 5.74) is -0.678. The second-order valence-electron chi connectivity index (χ2n) is 8.53. The molecule has 0 aromatic heterocycles. The molecule has 1 rings (SSSR count). The first kappa shape index (κ1) is 23.6. The number of hydrogen-bond acceptors (Lipinski definition) is 7. The Balaban J connectivity index is 2.89. The molecule has 1 aromatic carbocycles. The molecule has 0 saturated heterocycles. The zero-order chi connectivity index (χ0) is 21.5. The van der Waals surface area contributed by atoms with E-state index in [1.807, 2.05) is 18.2 Å². The molecule has 0 saturated carbocycles.